The summed E-state index contributed by atoms with van der Waals surface area (Å²) in [6.07, 6.45) is 4.65. The minimum atomic E-state index is -1.07. The molecule has 1 amide bonds. The lowest BCUT2D eigenvalue weighted by Gasteiger charge is -2.33. The standard InChI is InChI=1S/C17H19N3O3/c21-17(22)19-13-1-3-15(4-2-13)23-16-7-11-20(12-8-16)14-5-9-18-10-6-14/h1-6,9-10,16,19H,7-8,11-12H2,(H,21,22). The number of rotatable bonds is 4. The number of pyridine rings is 1. The highest BCUT2D eigenvalue weighted by atomic mass is 16.5. The molecule has 0 radical (unpaired) electrons. The fourth-order valence-corrected chi connectivity index (χ4v) is 2.72. The predicted molar refractivity (Wildman–Crippen MR) is 88.2 cm³/mol. The average Bonchev–Trinajstić information content (AvgIpc) is 2.58. The Morgan fingerprint density at radius 1 is 1.13 bits per heavy atom. The van der Waals surface area contributed by atoms with Crippen molar-refractivity contribution in [1.29, 1.82) is 0 Å². The van der Waals surface area contributed by atoms with Gasteiger partial charge in [-0.25, -0.2) is 4.79 Å². The van der Waals surface area contributed by atoms with E-state index in [0.29, 0.717) is 5.69 Å². The molecule has 0 unspecified atom stereocenters. The van der Waals surface area contributed by atoms with Crippen LogP contribution in [0.4, 0.5) is 16.2 Å². The molecule has 6 nitrogen and oxygen atoms in total. The summed E-state index contributed by atoms with van der Waals surface area (Å²) in [5.41, 5.74) is 1.74. The summed E-state index contributed by atoms with van der Waals surface area (Å²) in [5, 5.41) is 11.0. The Kier molecular flexibility index (Phi) is 4.61. The summed E-state index contributed by atoms with van der Waals surface area (Å²) < 4.78 is 5.99. The van der Waals surface area contributed by atoms with Crippen LogP contribution in [-0.4, -0.2) is 35.4 Å². The van der Waals surface area contributed by atoms with Crippen molar-refractivity contribution in [3.8, 4) is 5.75 Å². The van der Waals surface area contributed by atoms with Gasteiger partial charge in [0.15, 0.2) is 0 Å². The Hall–Kier alpha value is -2.76. The van der Waals surface area contributed by atoms with Crippen molar-refractivity contribution in [3.05, 3.63) is 48.8 Å². The Bertz CT molecular complexity index is 638. The van der Waals surface area contributed by atoms with Gasteiger partial charge in [0.05, 0.1) is 0 Å². The van der Waals surface area contributed by atoms with Crippen LogP contribution >= 0.6 is 0 Å². The van der Waals surface area contributed by atoms with Gasteiger partial charge in [-0.05, 0) is 36.4 Å². The molecule has 6 heteroatoms. The molecular weight excluding hydrogens is 294 g/mol. The zero-order valence-corrected chi connectivity index (χ0v) is 12.7. The van der Waals surface area contributed by atoms with Crippen LogP contribution in [0.3, 0.4) is 0 Å². The van der Waals surface area contributed by atoms with Gasteiger partial charge >= 0.3 is 6.09 Å². The van der Waals surface area contributed by atoms with Crippen molar-refractivity contribution in [2.24, 2.45) is 0 Å². The third-order valence-electron chi connectivity index (χ3n) is 3.88. The van der Waals surface area contributed by atoms with Crippen LogP contribution in [-0.2, 0) is 0 Å². The van der Waals surface area contributed by atoms with E-state index in [-0.39, 0.29) is 6.10 Å². The number of nitrogens with zero attached hydrogens (tertiary/aromatic N) is 2. The second-order valence-electron chi connectivity index (χ2n) is 5.46. The molecule has 0 saturated carbocycles. The van der Waals surface area contributed by atoms with Crippen LogP contribution in [0, 0.1) is 0 Å². The molecule has 1 saturated heterocycles. The van der Waals surface area contributed by atoms with Gasteiger partial charge in [0.1, 0.15) is 11.9 Å². The minimum absolute atomic E-state index is 0.186. The van der Waals surface area contributed by atoms with E-state index in [0.717, 1.165) is 31.7 Å². The first kappa shape index (κ1) is 15.1. The molecule has 2 N–H and O–H groups in total. The maximum atomic E-state index is 10.6. The Morgan fingerprint density at radius 3 is 2.39 bits per heavy atom. The number of carboxylic acid groups (broad SMARTS) is 1. The minimum Gasteiger partial charge on any atom is -0.490 e. The van der Waals surface area contributed by atoms with Gasteiger partial charge in [-0.2, -0.15) is 0 Å². The highest BCUT2D eigenvalue weighted by Gasteiger charge is 2.20. The molecule has 2 aromatic rings. The highest BCUT2D eigenvalue weighted by Crippen LogP contribution is 2.23. The van der Waals surface area contributed by atoms with Crippen LogP contribution in [0.5, 0.6) is 5.75 Å². The zero-order valence-electron chi connectivity index (χ0n) is 12.7. The number of aromatic nitrogens is 1. The number of ether oxygens (including phenoxy) is 1. The fraction of sp³-hybridized carbons (Fsp3) is 0.294. The Balaban J connectivity index is 1.51. The number of anilines is 2. The molecule has 1 aromatic carbocycles. The van der Waals surface area contributed by atoms with E-state index in [2.05, 4.69) is 15.2 Å². The maximum absolute atomic E-state index is 10.6. The summed E-state index contributed by atoms with van der Waals surface area (Å²) in [7, 11) is 0. The summed E-state index contributed by atoms with van der Waals surface area (Å²) >= 11 is 0. The number of amides is 1. The van der Waals surface area contributed by atoms with E-state index < -0.39 is 6.09 Å². The highest BCUT2D eigenvalue weighted by molar-refractivity contribution is 5.82. The smallest absolute Gasteiger partial charge is 0.409 e. The maximum Gasteiger partial charge on any atom is 0.409 e. The second-order valence-corrected chi connectivity index (χ2v) is 5.46. The monoisotopic (exact) mass is 313 g/mol. The average molecular weight is 313 g/mol. The molecule has 2 heterocycles. The third-order valence-corrected chi connectivity index (χ3v) is 3.88. The first-order valence-corrected chi connectivity index (χ1v) is 7.62. The molecule has 1 aliphatic heterocycles. The van der Waals surface area contributed by atoms with Crippen molar-refractivity contribution in [2.45, 2.75) is 18.9 Å². The van der Waals surface area contributed by atoms with Gasteiger partial charge < -0.3 is 14.7 Å². The molecule has 1 fully saturated rings. The van der Waals surface area contributed by atoms with Gasteiger partial charge in [0.2, 0.25) is 0 Å². The van der Waals surface area contributed by atoms with Crippen molar-refractivity contribution in [1.82, 2.24) is 4.98 Å². The number of hydrogen-bond acceptors (Lipinski definition) is 4. The lowest BCUT2D eigenvalue weighted by molar-refractivity contribution is 0.171. The van der Waals surface area contributed by atoms with Crippen LogP contribution < -0.4 is 15.0 Å². The molecular formula is C17H19N3O3. The molecule has 0 aliphatic carbocycles. The molecule has 1 aliphatic rings. The van der Waals surface area contributed by atoms with E-state index in [1.165, 1.54) is 5.69 Å². The Morgan fingerprint density at radius 2 is 1.78 bits per heavy atom. The van der Waals surface area contributed by atoms with Gasteiger partial charge in [0.25, 0.3) is 0 Å². The van der Waals surface area contributed by atoms with E-state index in [1.54, 1.807) is 24.3 Å². The first-order chi connectivity index (χ1) is 11.2. The number of piperidine rings is 1. The molecule has 1 aromatic heterocycles. The van der Waals surface area contributed by atoms with E-state index in [9.17, 15) is 4.79 Å². The van der Waals surface area contributed by atoms with Crippen LogP contribution in [0.1, 0.15) is 12.8 Å². The lowest BCUT2D eigenvalue weighted by atomic mass is 10.1. The van der Waals surface area contributed by atoms with Gasteiger partial charge in [-0.1, -0.05) is 0 Å². The third kappa shape index (κ3) is 4.12. The van der Waals surface area contributed by atoms with Gasteiger partial charge in [-0.15, -0.1) is 0 Å². The first-order valence-electron chi connectivity index (χ1n) is 7.62. The van der Waals surface area contributed by atoms with Crippen LogP contribution in [0.2, 0.25) is 0 Å². The number of carbonyl (C=O) groups is 1. The predicted octanol–water partition coefficient (Wildman–Crippen LogP) is 3.22. The zero-order chi connectivity index (χ0) is 16.1. The topological polar surface area (TPSA) is 74.7 Å². The largest absolute Gasteiger partial charge is 0.490 e. The molecule has 0 bridgehead atoms. The fourth-order valence-electron chi connectivity index (χ4n) is 2.72. The van der Waals surface area contributed by atoms with Crippen molar-refractivity contribution < 1.29 is 14.6 Å². The quantitative estimate of drug-likeness (QED) is 0.906. The molecule has 0 atom stereocenters. The lowest BCUT2D eigenvalue weighted by Crippen LogP contribution is -2.38. The molecule has 120 valence electrons. The molecule has 3 rings (SSSR count). The molecule has 0 spiro atoms. The van der Waals surface area contributed by atoms with Gasteiger partial charge in [0, 0.05) is 49.7 Å². The number of nitrogens with one attached hydrogen (secondary N) is 1. The van der Waals surface area contributed by atoms with Crippen molar-refractivity contribution in [3.63, 3.8) is 0 Å². The summed E-state index contributed by atoms with van der Waals surface area (Å²) in [6.45, 7) is 1.90. The Labute approximate surface area is 134 Å². The van der Waals surface area contributed by atoms with E-state index in [4.69, 9.17) is 9.84 Å². The summed E-state index contributed by atoms with van der Waals surface area (Å²) in [6, 6.07) is 11.0. The van der Waals surface area contributed by atoms with Gasteiger partial charge in [-0.3, -0.25) is 10.3 Å². The van der Waals surface area contributed by atoms with E-state index >= 15 is 0 Å². The number of benzene rings is 1. The van der Waals surface area contributed by atoms with Crippen LogP contribution in [0.15, 0.2) is 48.8 Å². The van der Waals surface area contributed by atoms with Crippen LogP contribution in [0.25, 0.3) is 0 Å². The SMILES string of the molecule is O=C(O)Nc1ccc(OC2CCN(c3ccncc3)CC2)cc1. The summed E-state index contributed by atoms with van der Waals surface area (Å²) in [5.74, 6) is 0.767. The van der Waals surface area contributed by atoms with Crippen molar-refractivity contribution >= 4 is 17.5 Å². The number of hydrogen-bond donors (Lipinski definition) is 2. The normalized spacial score (nSPS) is 15.2. The van der Waals surface area contributed by atoms with Crippen molar-refractivity contribution in [2.75, 3.05) is 23.3 Å². The van der Waals surface area contributed by atoms with E-state index in [1.807, 2.05) is 24.5 Å². The second kappa shape index (κ2) is 7.00. The molecule has 23 heavy (non-hydrogen) atoms. The summed E-state index contributed by atoms with van der Waals surface area (Å²) in [4.78, 5) is 16.9.